The van der Waals surface area contributed by atoms with Crippen LogP contribution in [-0.4, -0.2) is 58.9 Å². The number of fused-ring (bicyclic) bond motifs is 3. The van der Waals surface area contributed by atoms with E-state index in [0.29, 0.717) is 11.3 Å². The molecule has 17 heteroatoms. The maximum atomic E-state index is 13.2. The summed E-state index contributed by atoms with van der Waals surface area (Å²) in [6.45, 7) is -0.340. The highest BCUT2D eigenvalue weighted by atomic mass is 79.9. The first-order chi connectivity index (χ1) is 16.6. The van der Waals surface area contributed by atoms with Crippen molar-refractivity contribution in [3.63, 3.8) is 0 Å². The van der Waals surface area contributed by atoms with Gasteiger partial charge in [-0.25, -0.2) is 9.38 Å². The van der Waals surface area contributed by atoms with Crippen LogP contribution in [-0.2, 0) is 18.3 Å². The van der Waals surface area contributed by atoms with Crippen LogP contribution >= 0.6 is 23.8 Å². The lowest BCUT2D eigenvalue weighted by molar-refractivity contribution is -0.384. The highest BCUT2D eigenvalue weighted by Gasteiger charge is 2.51. The third kappa shape index (κ3) is 3.53. The number of ether oxygens (including phenoxy) is 1. The van der Waals surface area contributed by atoms with E-state index in [1.54, 1.807) is 6.07 Å². The number of phosphoric ester groups is 1. The fourth-order valence-corrected chi connectivity index (χ4v) is 5.70. The highest BCUT2D eigenvalue weighted by molar-refractivity contribution is 9.10. The molecule has 0 bridgehead atoms. The van der Waals surface area contributed by atoms with E-state index < -0.39 is 42.8 Å². The highest BCUT2D eigenvalue weighted by Crippen LogP contribution is 2.50. The SMILES string of the molecule is O=c1c2nc(Br)n([C@@H]3OC4COP(=O)([O-])O[C@H]4C3O)c2nc2[nH]c(-c3cccc([N+](=O)[O-])c3)cn12.[H+]. The smallest absolute Gasteiger partial charge is 0.756 e. The Morgan fingerprint density at radius 1 is 1.37 bits per heavy atom. The minimum Gasteiger partial charge on any atom is -0.756 e. The maximum absolute atomic E-state index is 13.2. The number of non-ortho nitro benzene ring substituents is 1. The molecule has 5 atom stereocenters. The van der Waals surface area contributed by atoms with Crippen molar-refractivity contribution < 1.29 is 34.7 Å². The topological polar surface area (TPSA) is 199 Å². The van der Waals surface area contributed by atoms with Crippen molar-refractivity contribution in [3.05, 3.63) is 55.7 Å². The number of aliphatic hydroxyl groups excluding tert-OH is 1. The van der Waals surface area contributed by atoms with Crippen LogP contribution in [0.2, 0.25) is 0 Å². The van der Waals surface area contributed by atoms with Crippen LogP contribution in [0, 0.1) is 10.1 Å². The molecular weight excluding hydrogens is 555 g/mol. The first-order valence-electron chi connectivity index (χ1n) is 10.0. The summed E-state index contributed by atoms with van der Waals surface area (Å²) in [5.41, 5.74) is 0.178. The quantitative estimate of drug-likeness (QED) is 0.154. The fraction of sp³-hybridized carbons (Fsp3) is 0.278. The van der Waals surface area contributed by atoms with Crippen LogP contribution < -0.4 is 10.5 Å². The number of nitrogens with zero attached hydrogens (tertiary/aromatic N) is 5. The third-order valence-electron chi connectivity index (χ3n) is 5.79. The van der Waals surface area contributed by atoms with Gasteiger partial charge in [-0.1, -0.05) is 12.1 Å². The summed E-state index contributed by atoms with van der Waals surface area (Å²) in [7, 11) is -4.58. The van der Waals surface area contributed by atoms with E-state index in [-0.39, 0.29) is 35.4 Å². The largest absolute Gasteiger partial charge is 1.00 e. The average molecular weight is 569 g/mol. The number of phosphoric acid groups is 1. The monoisotopic (exact) mass is 568 g/mol. The molecule has 3 aromatic heterocycles. The number of H-pyrrole nitrogens is 1. The molecule has 0 aliphatic carbocycles. The molecular formula is C18H14BrN6O9P. The molecule has 0 radical (unpaired) electrons. The van der Waals surface area contributed by atoms with Crippen LogP contribution in [0.15, 0.2) is 40.0 Å². The van der Waals surface area contributed by atoms with Gasteiger partial charge in [-0.15, -0.1) is 0 Å². The minimum atomic E-state index is -4.58. The van der Waals surface area contributed by atoms with Crippen molar-refractivity contribution in [2.24, 2.45) is 0 Å². The summed E-state index contributed by atoms with van der Waals surface area (Å²) in [6, 6.07) is 5.85. The normalized spacial score (nSPS) is 28.5. The fourth-order valence-electron chi connectivity index (χ4n) is 4.20. The number of nitrogens with one attached hydrogen (secondary N) is 1. The zero-order valence-electron chi connectivity index (χ0n) is 18.2. The number of benzene rings is 1. The molecule has 15 nitrogen and oxygen atoms in total. The predicted octanol–water partition coefficient (Wildman–Crippen LogP) is 0.965. The van der Waals surface area contributed by atoms with Gasteiger partial charge in [0.2, 0.25) is 5.78 Å². The van der Waals surface area contributed by atoms with Crippen LogP contribution in [0.4, 0.5) is 5.69 Å². The van der Waals surface area contributed by atoms with Crippen LogP contribution in [0.5, 0.6) is 0 Å². The van der Waals surface area contributed by atoms with Crippen molar-refractivity contribution >= 4 is 46.4 Å². The number of hydrogen-bond acceptors (Lipinski definition) is 11. The van der Waals surface area contributed by atoms with Gasteiger partial charge in [0.05, 0.1) is 17.2 Å². The molecule has 2 aliphatic rings. The molecule has 5 heterocycles. The van der Waals surface area contributed by atoms with E-state index in [9.17, 15) is 29.5 Å². The van der Waals surface area contributed by atoms with Gasteiger partial charge in [0.25, 0.3) is 19.1 Å². The lowest BCUT2D eigenvalue weighted by Crippen LogP contribution is -2.41. The summed E-state index contributed by atoms with van der Waals surface area (Å²) >= 11 is 3.25. The number of rotatable bonds is 3. The van der Waals surface area contributed by atoms with Gasteiger partial charge >= 0.3 is 1.43 Å². The van der Waals surface area contributed by atoms with Crippen LogP contribution in [0.25, 0.3) is 28.2 Å². The van der Waals surface area contributed by atoms with Crippen molar-refractivity contribution in [3.8, 4) is 11.3 Å². The van der Waals surface area contributed by atoms with Gasteiger partial charge in [-0.2, -0.15) is 4.98 Å². The van der Waals surface area contributed by atoms with Gasteiger partial charge < -0.3 is 28.8 Å². The lowest BCUT2D eigenvalue weighted by atomic mass is 10.1. The summed E-state index contributed by atoms with van der Waals surface area (Å²) in [6.07, 6.45) is -3.28. The van der Waals surface area contributed by atoms with E-state index in [2.05, 4.69) is 35.4 Å². The number of aliphatic hydroxyl groups is 1. The molecule has 3 unspecified atom stereocenters. The molecule has 35 heavy (non-hydrogen) atoms. The Morgan fingerprint density at radius 2 is 2.17 bits per heavy atom. The third-order valence-corrected chi connectivity index (χ3v) is 7.31. The molecule has 2 aliphatic heterocycles. The summed E-state index contributed by atoms with van der Waals surface area (Å²) in [5.74, 6) is 0.103. The molecule has 6 rings (SSSR count). The average Bonchev–Trinajstić information content (AvgIpc) is 3.48. The van der Waals surface area contributed by atoms with Crippen LogP contribution in [0.3, 0.4) is 0 Å². The van der Waals surface area contributed by atoms with E-state index in [0.717, 1.165) is 0 Å². The Kier molecular flexibility index (Phi) is 4.98. The molecule has 0 spiro atoms. The van der Waals surface area contributed by atoms with Crippen molar-refractivity contribution in [2.45, 2.75) is 24.5 Å². The second-order valence-electron chi connectivity index (χ2n) is 7.88. The van der Waals surface area contributed by atoms with Gasteiger partial charge in [0.15, 0.2) is 22.1 Å². The first kappa shape index (κ1) is 22.5. The molecule has 2 fully saturated rings. The zero-order valence-corrected chi connectivity index (χ0v) is 19.7. The van der Waals surface area contributed by atoms with Crippen LogP contribution in [0.1, 0.15) is 7.65 Å². The summed E-state index contributed by atoms with van der Waals surface area (Å²) in [4.78, 5) is 47.1. The number of nitro benzene ring substituents is 1. The molecule has 0 saturated carbocycles. The zero-order chi connectivity index (χ0) is 24.6. The summed E-state index contributed by atoms with van der Waals surface area (Å²) < 4.78 is 29.6. The maximum Gasteiger partial charge on any atom is 1.00 e. The number of hydrogen-bond donors (Lipinski definition) is 2. The van der Waals surface area contributed by atoms with E-state index in [1.165, 1.54) is 33.4 Å². The number of aromatic nitrogens is 5. The molecule has 0 amide bonds. The van der Waals surface area contributed by atoms with Gasteiger partial charge in [-0.3, -0.25) is 24.0 Å². The van der Waals surface area contributed by atoms with Gasteiger partial charge in [0, 0.05) is 23.9 Å². The van der Waals surface area contributed by atoms with E-state index >= 15 is 0 Å². The van der Waals surface area contributed by atoms with Crippen molar-refractivity contribution in [1.29, 1.82) is 0 Å². The Balaban J connectivity index is 0.00000267. The van der Waals surface area contributed by atoms with E-state index in [1.807, 2.05) is 0 Å². The summed E-state index contributed by atoms with van der Waals surface area (Å²) in [5, 5.41) is 21.9. The number of imidazole rings is 2. The second-order valence-corrected chi connectivity index (χ2v) is 9.95. The Bertz CT molecular complexity index is 1640. The number of nitro groups is 1. The van der Waals surface area contributed by atoms with Gasteiger partial charge in [0.1, 0.15) is 18.3 Å². The molecule has 2 N–H and O–H groups in total. The number of halogens is 1. The standard InChI is InChI=1S/C18H14BrN6O9P/c19-17-21-11-14(24(17)16-12(26)13-10(33-16)6-32-35(30,31)34-13)22-18-20-9(5-23(18)15(11)27)7-2-1-3-8(4-7)25(28)29/h1-5,10,12-13,16,26H,6H2,(H,20,22)(H,30,31)/t10?,12?,13-,16-/m1/s1. The predicted molar refractivity (Wildman–Crippen MR) is 118 cm³/mol. The molecule has 182 valence electrons. The minimum absolute atomic E-state index is 0. The van der Waals surface area contributed by atoms with E-state index in [4.69, 9.17) is 9.26 Å². The Hall–Kier alpha value is -2.98. The number of aromatic amines is 1. The van der Waals surface area contributed by atoms with Crippen molar-refractivity contribution in [1.82, 2.24) is 23.9 Å². The molecule has 2 saturated heterocycles. The first-order valence-corrected chi connectivity index (χ1v) is 12.3. The Morgan fingerprint density at radius 3 is 2.94 bits per heavy atom. The van der Waals surface area contributed by atoms with Gasteiger partial charge in [-0.05, 0) is 15.9 Å². The second kappa shape index (κ2) is 7.76. The molecule has 1 aromatic carbocycles. The molecule has 4 aromatic rings. The Labute approximate surface area is 203 Å². The lowest BCUT2D eigenvalue weighted by Gasteiger charge is -2.34. The van der Waals surface area contributed by atoms with Crippen molar-refractivity contribution in [2.75, 3.05) is 6.61 Å².